The molecule has 100 valence electrons. The maximum Gasteiger partial charge on any atom is 0.126 e. The first-order valence-electron chi connectivity index (χ1n) is 6.87. The third-order valence-corrected chi connectivity index (χ3v) is 5.14. The number of hydrogen-bond acceptors (Lipinski definition) is 1. The molecule has 1 aromatic carbocycles. The van der Waals surface area contributed by atoms with Gasteiger partial charge in [-0.05, 0) is 47.9 Å². The van der Waals surface area contributed by atoms with Gasteiger partial charge in [0.25, 0.3) is 0 Å². The SMILES string of the molecule is CCNCC1C(C)(C)C1(C)Cc1ccccc1F. The molecule has 0 bridgehead atoms. The molecule has 0 amide bonds. The third kappa shape index (κ3) is 2.07. The minimum Gasteiger partial charge on any atom is -0.317 e. The van der Waals surface area contributed by atoms with E-state index in [1.54, 1.807) is 12.1 Å². The summed E-state index contributed by atoms with van der Waals surface area (Å²) in [5.74, 6) is 0.563. The second-order valence-electron chi connectivity index (χ2n) is 6.27. The minimum absolute atomic E-state index is 0.0661. The van der Waals surface area contributed by atoms with Gasteiger partial charge in [-0.2, -0.15) is 0 Å². The molecule has 2 rings (SSSR count). The summed E-state index contributed by atoms with van der Waals surface area (Å²) in [4.78, 5) is 0. The molecule has 2 unspecified atom stereocenters. The van der Waals surface area contributed by atoms with Crippen LogP contribution in [-0.4, -0.2) is 13.1 Å². The largest absolute Gasteiger partial charge is 0.317 e. The van der Waals surface area contributed by atoms with Gasteiger partial charge in [0.15, 0.2) is 0 Å². The molecular weight excluding hydrogens is 225 g/mol. The number of nitrogens with one attached hydrogen (secondary N) is 1. The van der Waals surface area contributed by atoms with Crippen molar-refractivity contribution < 1.29 is 4.39 Å². The van der Waals surface area contributed by atoms with Crippen molar-refractivity contribution in [2.75, 3.05) is 13.1 Å². The molecule has 1 aliphatic carbocycles. The fraction of sp³-hybridized carbons (Fsp3) is 0.625. The monoisotopic (exact) mass is 249 g/mol. The Kier molecular flexibility index (Phi) is 3.50. The first-order valence-corrected chi connectivity index (χ1v) is 6.87. The van der Waals surface area contributed by atoms with E-state index in [0.717, 1.165) is 25.1 Å². The van der Waals surface area contributed by atoms with Crippen molar-refractivity contribution in [1.29, 1.82) is 0 Å². The zero-order chi connectivity index (χ0) is 13.4. The van der Waals surface area contributed by atoms with Gasteiger partial charge in [-0.3, -0.25) is 0 Å². The van der Waals surface area contributed by atoms with Crippen LogP contribution in [-0.2, 0) is 6.42 Å². The summed E-state index contributed by atoms with van der Waals surface area (Å²) in [5, 5.41) is 3.43. The van der Waals surface area contributed by atoms with Gasteiger partial charge in [-0.15, -0.1) is 0 Å². The highest BCUT2D eigenvalue weighted by atomic mass is 19.1. The van der Waals surface area contributed by atoms with Gasteiger partial charge in [0.2, 0.25) is 0 Å². The summed E-state index contributed by atoms with van der Waals surface area (Å²) in [6.07, 6.45) is 0.836. The molecule has 0 heterocycles. The van der Waals surface area contributed by atoms with E-state index in [0.29, 0.717) is 5.92 Å². The van der Waals surface area contributed by atoms with Crippen molar-refractivity contribution in [3.8, 4) is 0 Å². The van der Waals surface area contributed by atoms with Gasteiger partial charge in [0.1, 0.15) is 5.82 Å². The van der Waals surface area contributed by atoms with Gasteiger partial charge in [0, 0.05) is 0 Å². The van der Waals surface area contributed by atoms with Crippen molar-refractivity contribution in [1.82, 2.24) is 5.32 Å². The third-order valence-electron chi connectivity index (χ3n) is 5.14. The molecule has 1 fully saturated rings. The van der Waals surface area contributed by atoms with Crippen LogP contribution in [0.2, 0.25) is 0 Å². The van der Waals surface area contributed by atoms with Crippen LogP contribution < -0.4 is 5.32 Å². The molecular formula is C16H24FN. The van der Waals surface area contributed by atoms with Crippen molar-refractivity contribution in [3.63, 3.8) is 0 Å². The normalized spacial score (nSPS) is 29.3. The van der Waals surface area contributed by atoms with E-state index < -0.39 is 0 Å². The molecule has 1 nitrogen and oxygen atoms in total. The maximum atomic E-state index is 13.8. The van der Waals surface area contributed by atoms with Crippen molar-refractivity contribution in [2.45, 2.75) is 34.1 Å². The second kappa shape index (κ2) is 4.65. The first kappa shape index (κ1) is 13.5. The highest BCUT2D eigenvalue weighted by Crippen LogP contribution is 2.69. The Hall–Kier alpha value is -0.890. The van der Waals surface area contributed by atoms with E-state index in [4.69, 9.17) is 0 Å². The number of hydrogen-bond donors (Lipinski definition) is 1. The maximum absolute atomic E-state index is 13.8. The Morgan fingerprint density at radius 3 is 2.50 bits per heavy atom. The van der Waals surface area contributed by atoms with Gasteiger partial charge in [-0.25, -0.2) is 4.39 Å². The molecule has 0 aliphatic heterocycles. The van der Waals surface area contributed by atoms with Crippen LogP contribution in [0.25, 0.3) is 0 Å². The standard InChI is InChI=1S/C16H24FN/c1-5-18-11-14-15(2,3)16(14,4)10-12-8-6-7-9-13(12)17/h6-9,14,18H,5,10-11H2,1-4H3. The van der Waals surface area contributed by atoms with Crippen LogP contribution in [0.5, 0.6) is 0 Å². The Morgan fingerprint density at radius 2 is 1.89 bits per heavy atom. The van der Waals surface area contributed by atoms with E-state index in [1.807, 2.05) is 12.1 Å². The molecule has 0 saturated heterocycles. The van der Waals surface area contributed by atoms with E-state index in [2.05, 4.69) is 33.0 Å². The Morgan fingerprint density at radius 1 is 1.22 bits per heavy atom. The van der Waals surface area contributed by atoms with Gasteiger partial charge in [-0.1, -0.05) is 45.9 Å². The molecule has 0 spiro atoms. The van der Waals surface area contributed by atoms with Crippen molar-refractivity contribution in [2.24, 2.45) is 16.7 Å². The molecule has 2 atom stereocenters. The lowest BCUT2D eigenvalue weighted by Crippen LogP contribution is -2.19. The quantitative estimate of drug-likeness (QED) is 0.840. The summed E-state index contributed by atoms with van der Waals surface area (Å²) >= 11 is 0. The fourth-order valence-corrected chi connectivity index (χ4v) is 3.36. The molecule has 1 aromatic rings. The molecule has 18 heavy (non-hydrogen) atoms. The van der Waals surface area contributed by atoms with Crippen molar-refractivity contribution >= 4 is 0 Å². The van der Waals surface area contributed by atoms with Crippen LogP contribution in [0, 0.1) is 22.6 Å². The minimum atomic E-state index is -0.0661. The lowest BCUT2D eigenvalue weighted by molar-refractivity contribution is 0.407. The zero-order valence-electron chi connectivity index (χ0n) is 11.9. The van der Waals surface area contributed by atoms with Crippen LogP contribution in [0.3, 0.4) is 0 Å². The zero-order valence-corrected chi connectivity index (χ0v) is 11.9. The summed E-state index contributed by atoms with van der Waals surface area (Å²) in [7, 11) is 0. The van der Waals surface area contributed by atoms with Gasteiger partial charge < -0.3 is 5.32 Å². The molecule has 0 radical (unpaired) electrons. The lowest BCUT2D eigenvalue weighted by atomic mass is 9.90. The van der Waals surface area contributed by atoms with Gasteiger partial charge in [0.05, 0.1) is 0 Å². The van der Waals surface area contributed by atoms with Crippen molar-refractivity contribution in [3.05, 3.63) is 35.6 Å². The smallest absolute Gasteiger partial charge is 0.126 e. The molecule has 1 aliphatic rings. The lowest BCUT2D eigenvalue weighted by Gasteiger charge is -2.15. The van der Waals surface area contributed by atoms with E-state index in [9.17, 15) is 4.39 Å². The predicted molar refractivity (Wildman–Crippen MR) is 74.0 cm³/mol. The number of halogens is 1. The van der Waals surface area contributed by atoms with E-state index in [-0.39, 0.29) is 16.6 Å². The molecule has 0 aromatic heterocycles. The summed E-state index contributed by atoms with van der Waals surface area (Å²) < 4.78 is 13.8. The number of benzene rings is 1. The van der Waals surface area contributed by atoms with Crippen LogP contribution in [0.4, 0.5) is 4.39 Å². The van der Waals surface area contributed by atoms with Gasteiger partial charge >= 0.3 is 0 Å². The highest BCUT2D eigenvalue weighted by molar-refractivity contribution is 5.25. The van der Waals surface area contributed by atoms with Crippen LogP contribution >= 0.6 is 0 Å². The molecule has 2 heteroatoms. The Labute approximate surface area is 110 Å². The average molecular weight is 249 g/mol. The van der Waals surface area contributed by atoms with E-state index >= 15 is 0 Å². The average Bonchev–Trinajstić information content (AvgIpc) is 2.73. The Bertz CT molecular complexity index is 427. The van der Waals surface area contributed by atoms with Crippen LogP contribution in [0.1, 0.15) is 33.3 Å². The predicted octanol–water partition coefficient (Wildman–Crippen LogP) is 3.64. The number of rotatable bonds is 5. The summed E-state index contributed by atoms with van der Waals surface area (Å²) in [6.45, 7) is 11.1. The topological polar surface area (TPSA) is 12.0 Å². The molecule has 1 saturated carbocycles. The second-order valence-corrected chi connectivity index (χ2v) is 6.27. The van der Waals surface area contributed by atoms with Crippen LogP contribution in [0.15, 0.2) is 24.3 Å². The highest BCUT2D eigenvalue weighted by Gasteiger charge is 2.66. The fourth-order valence-electron chi connectivity index (χ4n) is 3.36. The van der Waals surface area contributed by atoms with E-state index in [1.165, 1.54) is 0 Å². The Balaban J connectivity index is 2.11. The summed E-state index contributed by atoms with van der Waals surface area (Å²) in [6, 6.07) is 7.17. The summed E-state index contributed by atoms with van der Waals surface area (Å²) in [5.41, 5.74) is 1.35. The molecule has 1 N–H and O–H groups in total. The first-order chi connectivity index (χ1) is 8.43.